The summed E-state index contributed by atoms with van der Waals surface area (Å²) in [7, 11) is 3.60. The van der Waals surface area contributed by atoms with Crippen molar-refractivity contribution in [3.05, 3.63) is 35.4 Å². The van der Waals surface area contributed by atoms with Crippen LogP contribution in [0.5, 0.6) is 0 Å². The summed E-state index contributed by atoms with van der Waals surface area (Å²) in [5.41, 5.74) is 2.68. The van der Waals surface area contributed by atoms with Gasteiger partial charge in [0.1, 0.15) is 0 Å². The maximum absolute atomic E-state index is 5.95. The summed E-state index contributed by atoms with van der Waals surface area (Å²) in [5, 5.41) is 3.55. The fraction of sp³-hybridized carbons (Fsp3) is 0.667. The van der Waals surface area contributed by atoms with Crippen molar-refractivity contribution in [1.29, 1.82) is 0 Å². The maximum atomic E-state index is 5.95. The Morgan fingerprint density at radius 2 is 2.08 bits per heavy atom. The van der Waals surface area contributed by atoms with Crippen LogP contribution in [0.2, 0.25) is 0 Å². The van der Waals surface area contributed by atoms with E-state index in [1.165, 1.54) is 11.1 Å². The minimum atomic E-state index is 0.368. The highest BCUT2D eigenvalue weighted by Gasteiger charge is 2.22. The molecule has 1 N–H and O–H groups in total. The van der Waals surface area contributed by atoms with Crippen LogP contribution in [-0.4, -0.2) is 64.0 Å². The molecular formula is C21H35N3O2. The number of nitrogens with zero attached hydrogens (tertiary/aromatic N) is 2. The second kappa shape index (κ2) is 11.2. The molecule has 1 aliphatic heterocycles. The molecule has 2 rings (SSSR count). The molecule has 0 aromatic heterocycles. The molecule has 1 saturated heterocycles. The number of benzene rings is 1. The van der Waals surface area contributed by atoms with Crippen LogP contribution in [-0.2, 0) is 9.47 Å². The van der Waals surface area contributed by atoms with Gasteiger partial charge in [-0.05, 0) is 37.7 Å². The van der Waals surface area contributed by atoms with E-state index >= 15 is 0 Å². The van der Waals surface area contributed by atoms with Crippen molar-refractivity contribution in [3.63, 3.8) is 0 Å². The monoisotopic (exact) mass is 361 g/mol. The number of hydrogen-bond acceptors (Lipinski definition) is 3. The van der Waals surface area contributed by atoms with Crippen molar-refractivity contribution < 1.29 is 9.47 Å². The number of piperidine rings is 1. The summed E-state index contributed by atoms with van der Waals surface area (Å²) in [6, 6.07) is 8.74. The number of rotatable bonds is 8. The van der Waals surface area contributed by atoms with Gasteiger partial charge in [0, 0.05) is 47.0 Å². The first-order valence-corrected chi connectivity index (χ1v) is 9.76. The lowest BCUT2D eigenvalue weighted by molar-refractivity contribution is 0.00990. The van der Waals surface area contributed by atoms with E-state index in [2.05, 4.69) is 53.3 Å². The lowest BCUT2D eigenvalue weighted by Crippen LogP contribution is -2.47. The molecule has 0 bridgehead atoms. The van der Waals surface area contributed by atoms with Gasteiger partial charge < -0.3 is 19.7 Å². The summed E-state index contributed by atoms with van der Waals surface area (Å²) in [6.07, 6.45) is 3.45. The number of guanidine groups is 1. The third-order valence-corrected chi connectivity index (χ3v) is 4.98. The van der Waals surface area contributed by atoms with Crippen molar-refractivity contribution in [2.24, 2.45) is 4.99 Å². The van der Waals surface area contributed by atoms with Crippen LogP contribution in [0.3, 0.4) is 0 Å². The Labute approximate surface area is 158 Å². The highest BCUT2D eigenvalue weighted by Crippen LogP contribution is 2.17. The second-order valence-electron chi connectivity index (χ2n) is 7.15. The van der Waals surface area contributed by atoms with Crippen LogP contribution in [0.4, 0.5) is 0 Å². The van der Waals surface area contributed by atoms with Crippen molar-refractivity contribution in [1.82, 2.24) is 10.2 Å². The van der Waals surface area contributed by atoms with Gasteiger partial charge in [0.05, 0.1) is 6.10 Å². The van der Waals surface area contributed by atoms with E-state index in [9.17, 15) is 0 Å². The third kappa shape index (κ3) is 6.61. The molecule has 1 atom stereocenters. The molecule has 0 amide bonds. The zero-order chi connectivity index (χ0) is 18.8. The van der Waals surface area contributed by atoms with Gasteiger partial charge in [-0.2, -0.15) is 0 Å². The predicted octanol–water partition coefficient (Wildman–Crippen LogP) is 3.19. The summed E-state index contributed by atoms with van der Waals surface area (Å²) in [6.45, 7) is 8.84. The van der Waals surface area contributed by atoms with E-state index < -0.39 is 0 Å². The predicted molar refractivity (Wildman–Crippen MR) is 108 cm³/mol. The van der Waals surface area contributed by atoms with E-state index in [1.807, 2.05) is 7.05 Å². The van der Waals surface area contributed by atoms with Gasteiger partial charge in [-0.3, -0.25) is 4.99 Å². The third-order valence-electron chi connectivity index (χ3n) is 4.98. The summed E-state index contributed by atoms with van der Waals surface area (Å²) < 4.78 is 11.0. The van der Waals surface area contributed by atoms with Crippen LogP contribution in [0.1, 0.15) is 43.2 Å². The standard InChI is InChI=1S/C21H35N3O2/c1-17-7-5-8-19(15-17)18(2)16-23-21(22-3)24-11-9-20(10-12-24)26-14-6-13-25-4/h5,7-8,15,18,20H,6,9-14,16H2,1-4H3,(H,22,23). The Kier molecular flexibility index (Phi) is 8.92. The highest BCUT2D eigenvalue weighted by atomic mass is 16.5. The molecule has 1 aromatic rings. The molecule has 1 aromatic carbocycles. The topological polar surface area (TPSA) is 46.1 Å². The lowest BCUT2D eigenvalue weighted by Gasteiger charge is -2.34. The lowest BCUT2D eigenvalue weighted by atomic mass is 9.99. The number of aliphatic imine (C=N–C) groups is 1. The summed E-state index contributed by atoms with van der Waals surface area (Å²) >= 11 is 0. The first kappa shape index (κ1) is 20.7. The molecule has 0 aliphatic carbocycles. The first-order chi connectivity index (χ1) is 12.6. The number of nitrogens with one attached hydrogen (secondary N) is 1. The SMILES string of the molecule is CN=C(NCC(C)c1cccc(C)c1)N1CCC(OCCCOC)CC1. The zero-order valence-electron chi connectivity index (χ0n) is 16.8. The fourth-order valence-electron chi connectivity index (χ4n) is 3.36. The van der Waals surface area contributed by atoms with Gasteiger partial charge in [0.15, 0.2) is 5.96 Å². The number of ether oxygens (including phenoxy) is 2. The molecule has 1 fully saturated rings. The van der Waals surface area contributed by atoms with E-state index in [0.717, 1.165) is 58.1 Å². The van der Waals surface area contributed by atoms with Crippen molar-refractivity contribution in [2.75, 3.05) is 47.0 Å². The Bertz CT molecular complexity index is 554. The molecule has 26 heavy (non-hydrogen) atoms. The van der Waals surface area contributed by atoms with Gasteiger partial charge in [-0.15, -0.1) is 0 Å². The number of hydrogen-bond donors (Lipinski definition) is 1. The van der Waals surface area contributed by atoms with Gasteiger partial charge in [-0.1, -0.05) is 36.8 Å². The Hall–Kier alpha value is -1.59. The minimum Gasteiger partial charge on any atom is -0.385 e. The molecule has 1 aliphatic rings. The Balaban J connectivity index is 1.74. The molecule has 0 spiro atoms. The van der Waals surface area contributed by atoms with Crippen molar-refractivity contribution in [3.8, 4) is 0 Å². The molecule has 1 unspecified atom stereocenters. The Morgan fingerprint density at radius 3 is 2.73 bits per heavy atom. The Morgan fingerprint density at radius 1 is 1.31 bits per heavy atom. The molecule has 146 valence electrons. The van der Waals surface area contributed by atoms with Gasteiger partial charge in [0.25, 0.3) is 0 Å². The normalized spacial score (nSPS) is 17.4. The number of aryl methyl sites for hydroxylation is 1. The molecule has 0 radical (unpaired) electrons. The quantitative estimate of drug-likeness (QED) is 0.439. The average molecular weight is 362 g/mol. The van der Waals surface area contributed by atoms with Crippen LogP contribution < -0.4 is 5.32 Å². The highest BCUT2D eigenvalue weighted by molar-refractivity contribution is 5.80. The minimum absolute atomic E-state index is 0.368. The average Bonchev–Trinajstić information content (AvgIpc) is 2.66. The van der Waals surface area contributed by atoms with Crippen molar-refractivity contribution in [2.45, 2.75) is 45.1 Å². The van der Waals surface area contributed by atoms with E-state index in [4.69, 9.17) is 9.47 Å². The number of methoxy groups -OCH3 is 1. The largest absolute Gasteiger partial charge is 0.385 e. The first-order valence-electron chi connectivity index (χ1n) is 9.76. The van der Waals surface area contributed by atoms with Gasteiger partial charge in [0.2, 0.25) is 0 Å². The van der Waals surface area contributed by atoms with Crippen LogP contribution in [0.15, 0.2) is 29.3 Å². The number of likely N-dealkylation sites (tertiary alicyclic amines) is 1. The molecule has 5 nitrogen and oxygen atoms in total. The van der Waals surface area contributed by atoms with Crippen molar-refractivity contribution >= 4 is 5.96 Å². The van der Waals surface area contributed by atoms with Gasteiger partial charge >= 0.3 is 0 Å². The van der Waals surface area contributed by atoms with E-state index in [1.54, 1.807) is 7.11 Å². The van der Waals surface area contributed by atoms with E-state index in [-0.39, 0.29) is 0 Å². The summed E-state index contributed by atoms with van der Waals surface area (Å²) in [4.78, 5) is 6.83. The second-order valence-corrected chi connectivity index (χ2v) is 7.15. The zero-order valence-corrected chi connectivity index (χ0v) is 16.8. The van der Waals surface area contributed by atoms with Crippen LogP contribution in [0.25, 0.3) is 0 Å². The van der Waals surface area contributed by atoms with Gasteiger partial charge in [-0.25, -0.2) is 0 Å². The van der Waals surface area contributed by atoms with E-state index in [0.29, 0.717) is 12.0 Å². The van der Waals surface area contributed by atoms with Crippen LogP contribution >= 0.6 is 0 Å². The molecule has 5 heteroatoms. The fourth-order valence-corrected chi connectivity index (χ4v) is 3.36. The molecule has 0 saturated carbocycles. The maximum Gasteiger partial charge on any atom is 0.193 e. The van der Waals surface area contributed by atoms with Crippen LogP contribution in [0, 0.1) is 6.92 Å². The smallest absolute Gasteiger partial charge is 0.193 e. The summed E-state index contributed by atoms with van der Waals surface area (Å²) in [5.74, 6) is 1.45. The molecular weight excluding hydrogens is 326 g/mol. The molecule has 1 heterocycles.